The summed E-state index contributed by atoms with van der Waals surface area (Å²) in [5.74, 6) is 0.540. The Morgan fingerprint density at radius 2 is 1.71 bits per heavy atom. The lowest BCUT2D eigenvalue weighted by atomic mass is 9.64. The van der Waals surface area contributed by atoms with Gasteiger partial charge >= 0.3 is 0 Å². The Balaban J connectivity index is 2.09. The van der Waals surface area contributed by atoms with Gasteiger partial charge in [-0.05, 0) is 77.0 Å². The predicted octanol–water partition coefficient (Wildman–Crippen LogP) is 3.96. The standard InChI is InChI=1S/C20H33BrO3/c1-12(2)15-7-9-20(5,24)18(22)16(15)10-13(3)14-6-8-19(4,23)17(21)11-14/h14-18,22-24H,1,3,6-11H2,2,4-5H3. The van der Waals surface area contributed by atoms with Gasteiger partial charge < -0.3 is 15.3 Å². The second kappa shape index (κ2) is 7.22. The zero-order valence-electron chi connectivity index (χ0n) is 15.3. The van der Waals surface area contributed by atoms with Crippen LogP contribution in [0, 0.1) is 17.8 Å². The molecule has 0 aliphatic heterocycles. The average Bonchev–Trinajstić information content (AvgIpc) is 2.46. The third kappa shape index (κ3) is 4.14. The predicted molar refractivity (Wildman–Crippen MR) is 102 cm³/mol. The van der Waals surface area contributed by atoms with E-state index in [-0.39, 0.29) is 16.7 Å². The van der Waals surface area contributed by atoms with Crippen molar-refractivity contribution in [3.05, 3.63) is 24.3 Å². The third-order valence-corrected chi connectivity index (χ3v) is 7.75. The minimum atomic E-state index is -1.04. The maximum Gasteiger partial charge on any atom is 0.0880 e. The van der Waals surface area contributed by atoms with Gasteiger partial charge in [-0.1, -0.05) is 40.2 Å². The molecule has 0 radical (unpaired) electrons. The van der Waals surface area contributed by atoms with E-state index in [9.17, 15) is 15.3 Å². The summed E-state index contributed by atoms with van der Waals surface area (Å²) in [5, 5.41) is 31.5. The van der Waals surface area contributed by atoms with Crippen LogP contribution in [-0.4, -0.2) is 37.5 Å². The Morgan fingerprint density at radius 3 is 2.25 bits per heavy atom. The fourth-order valence-corrected chi connectivity index (χ4v) is 5.12. The van der Waals surface area contributed by atoms with Crippen molar-refractivity contribution in [1.29, 1.82) is 0 Å². The van der Waals surface area contributed by atoms with Crippen molar-refractivity contribution in [2.45, 2.75) is 81.4 Å². The highest BCUT2D eigenvalue weighted by molar-refractivity contribution is 9.09. The molecule has 2 aliphatic rings. The van der Waals surface area contributed by atoms with E-state index >= 15 is 0 Å². The molecule has 138 valence electrons. The molecular weight excluding hydrogens is 368 g/mol. The quantitative estimate of drug-likeness (QED) is 0.494. The maximum atomic E-state index is 10.7. The summed E-state index contributed by atoms with van der Waals surface area (Å²) in [6.07, 6.45) is 3.95. The lowest BCUT2D eigenvalue weighted by molar-refractivity contribution is -0.127. The zero-order valence-corrected chi connectivity index (χ0v) is 16.8. The molecule has 0 heterocycles. The van der Waals surface area contributed by atoms with Crippen molar-refractivity contribution in [3.8, 4) is 0 Å². The van der Waals surface area contributed by atoms with Crippen molar-refractivity contribution in [2.24, 2.45) is 17.8 Å². The molecule has 2 rings (SSSR count). The largest absolute Gasteiger partial charge is 0.390 e. The normalized spacial score (nSPS) is 46.5. The van der Waals surface area contributed by atoms with Crippen LogP contribution in [0.2, 0.25) is 0 Å². The fraction of sp³-hybridized carbons (Fsp3) is 0.800. The van der Waals surface area contributed by atoms with E-state index in [2.05, 4.69) is 29.1 Å². The number of halogens is 1. The van der Waals surface area contributed by atoms with E-state index in [1.807, 2.05) is 13.8 Å². The van der Waals surface area contributed by atoms with Crippen LogP contribution >= 0.6 is 15.9 Å². The van der Waals surface area contributed by atoms with E-state index in [1.54, 1.807) is 6.92 Å². The summed E-state index contributed by atoms with van der Waals surface area (Å²) < 4.78 is 0. The van der Waals surface area contributed by atoms with Crippen LogP contribution in [0.1, 0.15) is 59.3 Å². The first kappa shape index (κ1) is 20.2. The van der Waals surface area contributed by atoms with Crippen LogP contribution in [0.25, 0.3) is 0 Å². The first-order chi connectivity index (χ1) is 11.0. The molecule has 0 saturated heterocycles. The number of hydrogen-bond acceptors (Lipinski definition) is 3. The molecule has 0 aromatic rings. The number of hydrogen-bond donors (Lipinski definition) is 3. The molecule has 0 amide bonds. The molecule has 7 unspecified atom stereocenters. The van der Waals surface area contributed by atoms with Crippen LogP contribution in [0.15, 0.2) is 24.3 Å². The highest BCUT2D eigenvalue weighted by Crippen LogP contribution is 2.46. The van der Waals surface area contributed by atoms with E-state index in [1.165, 1.54) is 0 Å². The zero-order chi connectivity index (χ0) is 18.3. The molecule has 0 aromatic carbocycles. The molecule has 0 bridgehead atoms. The topological polar surface area (TPSA) is 60.7 Å². The first-order valence-corrected chi connectivity index (χ1v) is 9.97. The summed E-state index contributed by atoms with van der Waals surface area (Å²) in [4.78, 5) is 0.0665. The Morgan fingerprint density at radius 1 is 1.12 bits per heavy atom. The van der Waals surface area contributed by atoms with Gasteiger partial charge in [0.2, 0.25) is 0 Å². The van der Waals surface area contributed by atoms with Gasteiger partial charge in [0.05, 0.1) is 17.3 Å². The van der Waals surface area contributed by atoms with Crippen molar-refractivity contribution >= 4 is 15.9 Å². The van der Waals surface area contributed by atoms with Crippen molar-refractivity contribution in [2.75, 3.05) is 0 Å². The monoisotopic (exact) mass is 400 g/mol. The second-order valence-corrected chi connectivity index (χ2v) is 9.72. The Kier molecular flexibility index (Phi) is 6.06. The summed E-state index contributed by atoms with van der Waals surface area (Å²) >= 11 is 3.61. The summed E-state index contributed by atoms with van der Waals surface area (Å²) in [5.41, 5.74) is 0.506. The fourth-order valence-electron chi connectivity index (χ4n) is 4.44. The first-order valence-electron chi connectivity index (χ1n) is 9.05. The van der Waals surface area contributed by atoms with Crippen molar-refractivity contribution in [3.63, 3.8) is 0 Å². The van der Waals surface area contributed by atoms with E-state index < -0.39 is 17.3 Å². The van der Waals surface area contributed by atoms with Gasteiger partial charge in [-0.2, -0.15) is 0 Å². The lowest BCUT2D eigenvalue weighted by Gasteiger charge is -2.46. The van der Waals surface area contributed by atoms with Gasteiger partial charge in [0.25, 0.3) is 0 Å². The SMILES string of the molecule is C=C(CC1C(C(=C)C)CCC(C)(O)C1O)C1CCC(C)(O)C(Br)C1. The minimum absolute atomic E-state index is 0.0324. The molecule has 2 aliphatic carbocycles. The Labute approximate surface area is 155 Å². The molecule has 0 spiro atoms. The van der Waals surface area contributed by atoms with Crippen LogP contribution in [0.3, 0.4) is 0 Å². The summed E-state index contributed by atoms with van der Waals surface area (Å²) in [7, 11) is 0. The number of allylic oxidation sites excluding steroid dienone is 2. The second-order valence-electron chi connectivity index (χ2n) is 8.62. The third-order valence-electron chi connectivity index (χ3n) is 6.39. The van der Waals surface area contributed by atoms with E-state index in [0.29, 0.717) is 18.8 Å². The molecule has 2 fully saturated rings. The molecule has 3 nitrogen and oxygen atoms in total. The average molecular weight is 401 g/mol. The van der Waals surface area contributed by atoms with E-state index in [0.717, 1.165) is 36.8 Å². The van der Waals surface area contributed by atoms with Gasteiger partial charge in [0.15, 0.2) is 0 Å². The molecule has 3 N–H and O–H groups in total. The van der Waals surface area contributed by atoms with Gasteiger partial charge in [-0.3, -0.25) is 0 Å². The molecule has 7 atom stereocenters. The minimum Gasteiger partial charge on any atom is -0.390 e. The maximum absolute atomic E-state index is 10.7. The number of rotatable bonds is 4. The highest BCUT2D eigenvalue weighted by atomic mass is 79.9. The van der Waals surface area contributed by atoms with Crippen LogP contribution in [0.5, 0.6) is 0 Å². The lowest BCUT2D eigenvalue weighted by Crippen LogP contribution is -2.51. The number of aliphatic hydroxyl groups excluding tert-OH is 1. The molecule has 4 heteroatoms. The van der Waals surface area contributed by atoms with Crippen LogP contribution < -0.4 is 0 Å². The summed E-state index contributed by atoms with van der Waals surface area (Å²) in [6, 6.07) is 0. The Hall–Kier alpha value is -0.160. The van der Waals surface area contributed by atoms with Crippen molar-refractivity contribution < 1.29 is 15.3 Å². The molecule has 0 aromatic heterocycles. The number of aliphatic hydroxyl groups is 3. The van der Waals surface area contributed by atoms with Crippen molar-refractivity contribution in [1.82, 2.24) is 0 Å². The van der Waals surface area contributed by atoms with Gasteiger partial charge in [-0.25, -0.2) is 0 Å². The van der Waals surface area contributed by atoms with Gasteiger partial charge in [0.1, 0.15) is 0 Å². The van der Waals surface area contributed by atoms with Crippen LogP contribution in [-0.2, 0) is 0 Å². The molecule has 24 heavy (non-hydrogen) atoms. The van der Waals surface area contributed by atoms with Crippen LogP contribution in [0.4, 0.5) is 0 Å². The molecular formula is C20H33BrO3. The van der Waals surface area contributed by atoms with E-state index in [4.69, 9.17) is 0 Å². The highest BCUT2D eigenvalue weighted by Gasteiger charge is 2.46. The van der Waals surface area contributed by atoms with Gasteiger partial charge in [-0.15, -0.1) is 0 Å². The summed E-state index contributed by atoms with van der Waals surface area (Å²) in [6.45, 7) is 14.0. The number of alkyl halides is 1. The smallest absolute Gasteiger partial charge is 0.0880 e. The molecule has 2 saturated carbocycles. The Bertz CT molecular complexity index is 497. The van der Waals surface area contributed by atoms with Gasteiger partial charge in [0, 0.05) is 4.83 Å².